The number of fused-ring (bicyclic) bond motifs is 1. The quantitative estimate of drug-likeness (QED) is 0.843. The molecule has 3 N–H and O–H groups in total. The molecule has 1 fully saturated rings. The second-order valence-electron chi connectivity index (χ2n) is 6.46. The van der Waals surface area contributed by atoms with Crippen LogP contribution < -0.4 is 11.1 Å². The van der Waals surface area contributed by atoms with Crippen molar-refractivity contribution in [3.8, 4) is 0 Å². The molecule has 1 aromatic heterocycles. The van der Waals surface area contributed by atoms with Crippen LogP contribution in [0.15, 0.2) is 6.20 Å². The Kier molecular flexibility index (Phi) is 8.37. The van der Waals surface area contributed by atoms with Crippen LogP contribution in [0.25, 0.3) is 0 Å². The van der Waals surface area contributed by atoms with Crippen LogP contribution in [0, 0.1) is 5.92 Å². The number of imidazole rings is 1. The molecule has 7 heteroatoms. The lowest BCUT2D eigenvalue weighted by atomic mass is 10.00. The predicted octanol–water partition coefficient (Wildman–Crippen LogP) is 2.24. The molecule has 1 aliphatic heterocycles. The fraction of sp³-hybridized carbons (Fsp3) is 0.750. The van der Waals surface area contributed by atoms with E-state index in [4.69, 9.17) is 5.73 Å². The van der Waals surface area contributed by atoms with Gasteiger partial charge in [-0.15, -0.1) is 24.8 Å². The summed E-state index contributed by atoms with van der Waals surface area (Å²) < 4.78 is 2.26. The Morgan fingerprint density at radius 1 is 1.30 bits per heavy atom. The highest BCUT2D eigenvalue weighted by Gasteiger charge is 2.25. The van der Waals surface area contributed by atoms with Gasteiger partial charge in [0.1, 0.15) is 5.82 Å². The van der Waals surface area contributed by atoms with Gasteiger partial charge in [-0.05, 0) is 31.6 Å². The molecule has 1 aliphatic carbocycles. The minimum Gasteiger partial charge on any atom is -0.356 e. The third-order valence-electron chi connectivity index (χ3n) is 4.83. The molecular weight excluding hydrogens is 335 g/mol. The van der Waals surface area contributed by atoms with Gasteiger partial charge in [0.2, 0.25) is 5.91 Å². The van der Waals surface area contributed by atoms with E-state index >= 15 is 0 Å². The van der Waals surface area contributed by atoms with Gasteiger partial charge in [-0.25, -0.2) is 4.98 Å². The second kappa shape index (κ2) is 9.50. The molecule has 2 heterocycles. The van der Waals surface area contributed by atoms with Gasteiger partial charge in [-0.3, -0.25) is 4.79 Å². The molecular formula is C16H28Cl2N4O. The number of aromatic nitrogens is 2. The van der Waals surface area contributed by atoms with E-state index in [9.17, 15) is 4.79 Å². The maximum atomic E-state index is 11.9. The van der Waals surface area contributed by atoms with Gasteiger partial charge in [0.05, 0.1) is 5.69 Å². The molecule has 0 radical (unpaired) electrons. The number of halogens is 2. The van der Waals surface area contributed by atoms with E-state index in [0.717, 1.165) is 37.9 Å². The third-order valence-corrected chi connectivity index (χ3v) is 4.83. The monoisotopic (exact) mass is 362 g/mol. The van der Waals surface area contributed by atoms with Crippen molar-refractivity contribution < 1.29 is 4.79 Å². The van der Waals surface area contributed by atoms with Crippen LogP contribution in [0.2, 0.25) is 0 Å². The molecule has 23 heavy (non-hydrogen) atoms. The van der Waals surface area contributed by atoms with E-state index in [1.54, 1.807) is 0 Å². The molecule has 0 aromatic carbocycles. The van der Waals surface area contributed by atoms with Gasteiger partial charge in [0.15, 0.2) is 0 Å². The topological polar surface area (TPSA) is 72.9 Å². The molecule has 1 amide bonds. The van der Waals surface area contributed by atoms with Crippen molar-refractivity contribution in [3.05, 3.63) is 17.7 Å². The minimum atomic E-state index is 0. The standard InChI is InChI=1S/C16H26N4O.2ClH/c17-14-5-3-4-12(14)10-16(21)18-8-7-13-11-20-9-2-1-6-15(20)19-13;;/h11-12,14H,1-10,17H2,(H,18,21);2*1H/t12-,14+;;/m0../s1. The van der Waals surface area contributed by atoms with Crippen LogP contribution >= 0.6 is 24.8 Å². The van der Waals surface area contributed by atoms with Gasteiger partial charge >= 0.3 is 0 Å². The van der Waals surface area contributed by atoms with Crippen molar-refractivity contribution in [2.75, 3.05) is 6.54 Å². The van der Waals surface area contributed by atoms with Crippen molar-refractivity contribution in [2.45, 2.75) is 64.0 Å². The SMILES string of the molecule is Cl.Cl.N[C@@H]1CCC[C@H]1CC(=O)NCCc1cn2c(n1)CCCC2. The molecule has 3 rings (SSSR count). The number of nitrogens with zero attached hydrogens (tertiary/aromatic N) is 2. The fourth-order valence-corrected chi connectivity index (χ4v) is 3.55. The van der Waals surface area contributed by atoms with E-state index in [0.29, 0.717) is 18.9 Å². The lowest BCUT2D eigenvalue weighted by Crippen LogP contribution is -2.32. The smallest absolute Gasteiger partial charge is 0.220 e. The highest BCUT2D eigenvalue weighted by atomic mass is 35.5. The summed E-state index contributed by atoms with van der Waals surface area (Å²) in [5.74, 6) is 1.73. The zero-order valence-corrected chi connectivity index (χ0v) is 15.1. The van der Waals surface area contributed by atoms with Gasteiger partial charge in [-0.2, -0.15) is 0 Å². The van der Waals surface area contributed by atoms with Crippen LogP contribution in [-0.4, -0.2) is 28.0 Å². The molecule has 2 aliphatic rings. The number of hydrogen-bond acceptors (Lipinski definition) is 3. The maximum absolute atomic E-state index is 11.9. The van der Waals surface area contributed by atoms with Crippen LogP contribution in [0.5, 0.6) is 0 Å². The van der Waals surface area contributed by atoms with Crippen molar-refractivity contribution in [1.29, 1.82) is 0 Å². The van der Waals surface area contributed by atoms with Gasteiger partial charge in [0.25, 0.3) is 0 Å². The Morgan fingerprint density at radius 2 is 2.13 bits per heavy atom. The Hall–Kier alpha value is -0.780. The van der Waals surface area contributed by atoms with E-state index in [1.165, 1.54) is 25.1 Å². The molecule has 0 bridgehead atoms. The van der Waals surface area contributed by atoms with Crippen LogP contribution in [0.3, 0.4) is 0 Å². The Bertz CT molecular complexity index is 483. The third kappa shape index (κ3) is 5.37. The number of amides is 1. The average molecular weight is 363 g/mol. The maximum Gasteiger partial charge on any atom is 0.220 e. The number of hydrogen-bond donors (Lipinski definition) is 2. The van der Waals surface area contributed by atoms with E-state index in [-0.39, 0.29) is 36.8 Å². The first-order valence-electron chi connectivity index (χ1n) is 8.29. The molecule has 0 spiro atoms. The lowest BCUT2D eigenvalue weighted by molar-refractivity contribution is -0.122. The highest BCUT2D eigenvalue weighted by Crippen LogP contribution is 2.26. The molecule has 1 saturated carbocycles. The summed E-state index contributed by atoms with van der Waals surface area (Å²) in [6.45, 7) is 1.77. The number of carbonyl (C=O) groups is 1. The number of nitrogens with two attached hydrogens (primary N) is 1. The summed E-state index contributed by atoms with van der Waals surface area (Å²) in [6, 6.07) is 0.218. The Labute approximate surface area is 150 Å². The van der Waals surface area contributed by atoms with Crippen molar-refractivity contribution >= 4 is 30.7 Å². The molecule has 0 unspecified atom stereocenters. The zero-order valence-electron chi connectivity index (χ0n) is 13.5. The van der Waals surface area contributed by atoms with Crippen molar-refractivity contribution in [1.82, 2.24) is 14.9 Å². The van der Waals surface area contributed by atoms with E-state index in [1.807, 2.05) is 0 Å². The Balaban J connectivity index is 0.00000132. The fourth-order valence-electron chi connectivity index (χ4n) is 3.55. The van der Waals surface area contributed by atoms with E-state index in [2.05, 4.69) is 21.1 Å². The minimum absolute atomic E-state index is 0. The average Bonchev–Trinajstić information content (AvgIpc) is 3.05. The number of aryl methyl sites for hydroxylation is 2. The summed E-state index contributed by atoms with van der Waals surface area (Å²) in [4.78, 5) is 16.6. The lowest BCUT2D eigenvalue weighted by Gasteiger charge is -2.14. The first-order valence-corrected chi connectivity index (χ1v) is 8.29. The summed E-state index contributed by atoms with van der Waals surface area (Å²) >= 11 is 0. The first-order chi connectivity index (χ1) is 10.2. The number of carbonyl (C=O) groups excluding carboxylic acids is 1. The highest BCUT2D eigenvalue weighted by molar-refractivity contribution is 5.85. The second-order valence-corrected chi connectivity index (χ2v) is 6.46. The normalized spacial score (nSPS) is 22.7. The predicted molar refractivity (Wildman–Crippen MR) is 96.3 cm³/mol. The summed E-state index contributed by atoms with van der Waals surface area (Å²) in [7, 11) is 0. The molecule has 1 aromatic rings. The van der Waals surface area contributed by atoms with Crippen molar-refractivity contribution in [2.24, 2.45) is 11.7 Å². The van der Waals surface area contributed by atoms with Crippen LogP contribution in [0.1, 0.15) is 50.0 Å². The van der Waals surface area contributed by atoms with Gasteiger partial charge in [0, 0.05) is 44.6 Å². The largest absolute Gasteiger partial charge is 0.356 e. The van der Waals surface area contributed by atoms with E-state index < -0.39 is 0 Å². The zero-order chi connectivity index (χ0) is 14.7. The van der Waals surface area contributed by atoms with Crippen LogP contribution in [0.4, 0.5) is 0 Å². The number of nitrogens with one attached hydrogen (secondary N) is 1. The van der Waals surface area contributed by atoms with Gasteiger partial charge in [-0.1, -0.05) is 6.42 Å². The van der Waals surface area contributed by atoms with Crippen molar-refractivity contribution in [3.63, 3.8) is 0 Å². The molecule has 0 saturated heterocycles. The number of rotatable bonds is 5. The summed E-state index contributed by atoms with van der Waals surface area (Å²) in [6.07, 6.45) is 10.5. The summed E-state index contributed by atoms with van der Waals surface area (Å²) in [5.41, 5.74) is 7.11. The molecule has 5 nitrogen and oxygen atoms in total. The Morgan fingerprint density at radius 3 is 2.83 bits per heavy atom. The first kappa shape index (κ1) is 20.3. The van der Waals surface area contributed by atoms with Crippen LogP contribution in [-0.2, 0) is 24.2 Å². The molecule has 2 atom stereocenters. The summed E-state index contributed by atoms with van der Waals surface area (Å²) in [5, 5.41) is 3.02. The van der Waals surface area contributed by atoms with Gasteiger partial charge < -0.3 is 15.6 Å². The molecule has 132 valence electrons.